The molecule has 10 aromatic rings. The molecular formula is C55H39N3OSi. The van der Waals surface area contributed by atoms with Gasteiger partial charge in [-0.15, -0.1) is 0 Å². The minimum atomic E-state index is -2.92. The zero-order valence-electron chi connectivity index (χ0n) is 33.0. The highest BCUT2D eigenvalue weighted by Crippen LogP contribution is 2.41. The lowest BCUT2D eigenvalue weighted by atomic mass is 10.00. The maximum absolute atomic E-state index is 9.77. The van der Waals surface area contributed by atoms with Gasteiger partial charge in [0.25, 0.3) is 0 Å². The van der Waals surface area contributed by atoms with E-state index in [0.29, 0.717) is 5.56 Å². The molecule has 0 amide bonds. The third-order valence-electron chi connectivity index (χ3n) is 13.0. The summed E-state index contributed by atoms with van der Waals surface area (Å²) in [5.41, 5.74) is 12.3. The van der Waals surface area contributed by atoms with E-state index in [2.05, 4.69) is 197 Å². The van der Waals surface area contributed by atoms with Crippen molar-refractivity contribution in [1.82, 2.24) is 9.13 Å². The number of aromatic nitrogens is 2. The van der Waals surface area contributed by atoms with Gasteiger partial charge in [-0.3, -0.25) is 0 Å². The predicted molar refractivity (Wildman–Crippen MR) is 250 cm³/mol. The summed E-state index contributed by atoms with van der Waals surface area (Å²) in [5.74, 6) is 0. The van der Waals surface area contributed by atoms with Crippen LogP contribution >= 0.6 is 0 Å². The fourth-order valence-electron chi connectivity index (χ4n) is 10.5. The number of nitrogens with zero attached hydrogens (tertiary/aromatic N) is 3. The van der Waals surface area contributed by atoms with Crippen LogP contribution in [0.25, 0.3) is 67.3 Å². The molecule has 0 saturated carbocycles. The molecule has 0 spiro atoms. The van der Waals surface area contributed by atoms with Gasteiger partial charge in [-0.2, -0.15) is 5.26 Å². The van der Waals surface area contributed by atoms with Gasteiger partial charge in [0.2, 0.25) is 0 Å². The quantitative estimate of drug-likeness (QED) is 0.125. The normalized spacial score (nSPS) is 13.6. The van der Waals surface area contributed by atoms with Crippen molar-refractivity contribution < 1.29 is 4.42 Å². The van der Waals surface area contributed by atoms with Crippen molar-refractivity contribution >= 4 is 84.7 Å². The third-order valence-corrected chi connectivity index (χ3v) is 17.8. The minimum Gasteiger partial charge on any atom is -0.455 e. The Morgan fingerprint density at radius 2 is 1.23 bits per heavy atom. The van der Waals surface area contributed by atoms with Crippen LogP contribution in [0.4, 0.5) is 0 Å². The number of furan rings is 1. The van der Waals surface area contributed by atoms with Crippen molar-refractivity contribution in [3.63, 3.8) is 0 Å². The lowest BCUT2D eigenvalue weighted by Gasteiger charge is -2.35. The molecule has 0 unspecified atom stereocenters. The number of hydrogen-bond acceptors (Lipinski definition) is 2. The summed E-state index contributed by atoms with van der Waals surface area (Å²) in [7, 11) is -2.92. The zero-order valence-corrected chi connectivity index (χ0v) is 34.0. The van der Waals surface area contributed by atoms with E-state index in [9.17, 15) is 5.26 Å². The fraction of sp³-hybridized carbons (Fsp3) is 0.0727. The topological polar surface area (TPSA) is 46.8 Å². The number of benzene rings is 7. The van der Waals surface area contributed by atoms with Crippen LogP contribution in [0.3, 0.4) is 0 Å². The van der Waals surface area contributed by atoms with Gasteiger partial charge in [-0.25, -0.2) is 0 Å². The molecule has 0 fully saturated rings. The summed E-state index contributed by atoms with van der Waals surface area (Å²) in [6, 6.07) is 62.6. The van der Waals surface area contributed by atoms with Gasteiger partial charge in [0.05, 0.1) is 28.1 Å². The van der Waals surface area contributed by atoms with Gasteiger partial charge in [0.15, 0.2) is 8.07 Å². The van der Waals surface area contributed by atoms with E-state index >= 15 is 0 Å². The molecule has 3 heterocycles. The lowest BCUT2D eigenvalue weighted by Crippen LogP contribution is -2.74. The molecule has 284 valence electrons. The van der Waals surface area contributed by atoms with E-state index < -0.39 is 8.07 Å². The van der Waals surface area contributed by atoms with Gasteiger partial charge in [0.1, 0.15) is 11.2 Å². The molecule has 0 bridgehead atoms. The summed E-state index contributed by atoms with van der Waals surface area (Å²) < 4.78 is 11.6. The smallest absolute Gasteiger partial charge is 0.179 e. The highest BCUT2D eigenvalue weighted by Gasteiger charge is 2.42. The van der Waals surface area contributed by atoms with Gasteiger partial charge >= 0.3 is 0 Å². The van der Waals surface area contributed by atoms with Crippen LogP contribution in [0, 0.1) is 11.3 Å². The van der Waals surface area contributed by atoms with Crippen molar-refractivity contribution in [1.29, 1.82) is 5.26 Å². The van der Waals surface area contributed by atoms with E-state index in [4.69, 9.17) is 4.42 Å². The summed E-state index contributed by atoms with van der Waals surface area (Å²) in [6.45, 7) is 0. The molecular weight excluding hydrogens is 747 g/mol. The first-order chi connectivity index (χ1) is 29.7. The van der Waals surface area contributed by atoms with E-state index in [-0.39, 0.29) is 0 Å². The van der Waals surface area contributed by atoms with Crippen molar-refractivity contribution in [3.8, 4) is 17.4 Å². The predicted octanol–water partition coefficient (Wildman–Crippen LogP) is 10.6. The Morgan fingerprint density at radius 3 is 2.03 bits per heavy atom. The molecule has 3 aromatic heterocycles. The van der Waals surface area contributed by atoms with E-state index in [1.54, 1.807) is 0 Å². The van der Waals surface area contributed by atoms with Crippen LogP contribution in [-0.2, 0) is 12.8 Å². The Bertz CT molecular complexity index is 3390. The molecule has 4 nitrogen and oxygen atoms in total. The second-order valence-corrected chi connectivity index (χ2v) is 19.9. The van der Waals surface area contributed by atoms with Crippen LogP contribution in [0.5, 0.6) is 0 Å². The monoisotopic (exact) mass is 785 g/mol. The molecule has 12 rings (SSSR count). The molecule has 5 heteroatoms. The maximum Gasteiger partial charge on any atom is 0.179 e. The standard InChI is InChI=1S/C55H39N3OSi/c56-36-37-26-32-51-48(34-37)44-20-7-10-23-49(44)57(51)38-27-29-42(30-28-38)60(40-15-3-1-4-16-40,41-17-5-2-6-18-41)43-19-13-14-39(35-43)58-50-24-11-8-22-47(50)54-52(58)33-31-46-45-21-9-12-25-53(45)59-55(46)54/h1-6,8-10,12-19,21-23,25-35H,7,11,20,24H2. The van der Waals surface area contributed by atoms with Crippen LogP contribution < -0.4 is 20.7 Å². The molecule has 0 N–H and O–H groups in total. The first kappa shape index (κ1) is 34.6. The second kappa shape index (κ2) is 13.6. The number of nitriles is 1. The number of allylic oxidation sites excluding steroid dienone is 2. The fourth-order valence-corrected chi connectivity index (χ4v) is 15.2. The van der Waals surface area contributed by atoms with Crippen LogP contribution in [-0.4, -0.2) is 17.2 Å². The number of aryl methyl sites for hydroxylation is 1. The summed E-state index contributed by atoms with van der Waals surface area (Å²) in [4.78, 5) is 0. The average Bonchev–Trinajstić information content (AvgIpc) is 3.98. The Kier molecular flexibility index (Phi) is 7.85. The molecule has 0 atom stereocenters. The van der Waals surface area contributed by atoms with Gasteiger partial charge in [-0.05, 0) is 119 Å². The molecule has 7 aromatic carbocycles. The number of rotatable bonds is 6. The molecule has 60 heavy (non-hydrogen) atoms. The largest absolute Gasteiger partial charge is 0.455 e. The SMILES string of the molecule is N#Cc1ccc2c(c1)c1c(n2-c2ccc([Si](c3ccccc3)(c3ccccc3)c3cccc(-n4c5c(c6c7oc8ccccc8c7ccc64)C=CCC5)c3)cc2)C=CCC1. The van der Waals surface area contributed by atoms with Crippen LogP contribution in [0.1, 0.15) is 40.9 Å². The van der Waals surface area contributed by atoms with E-state index in [1.807, 2.05) is 6.07 Å². The first-order valence-corrected chi connectivity index (χ1v) is 22.9. The first-order valence-electron chi connectivity index (χ1n) is 20.9. The molecule has 2 aliphatic rings. The van der Waals surface area contributed by atoms with Crippen molar-refractivity contribution in [2.75, 3.05) is 0 Å². The van der Waals surface area contributed by atoms with Crippen molar-refractivity contribution in [2.24, 2.45) is 0 Å². The number of hydrogen-bond donors (Lipinski definition) is 0. The molecule has 0 aliphatic heterocycles. The summed E-state index contributed by atoms with van der Waals surface area (Å²) in [5, 5.41) is 19.8. The van der Waals surface area contributed by atoms with Crippen molar-refractivity contribution in [3.05, 3.63) is 204 Å². The molecule has 0 saturated heterocycles. The van der Waals surface area contributed by atoms with E-state index in [0.717, 1.165) is 58.8 Å². The molecule has 0 radical (unpaired) electrons. The Morgan fingerprint density at radius 1 is 0.533 bits per heavy atom. The Hall–Kier alpha value is -7.39. The Labute approximate surface area is 349 Å². The summed E-state index contributed by atoms with van der Waals surface area (Å²) >= 11 is 0. The highest BCUT2D eigenvalue weighted by atomic mass is 28.3. The minimum absolute atomic E-state index is 0.698. The van der Waals surface area contributed by atoms with Crippen LogP contribution in [0.15, 0.2) is 180 Å². The van der Waals surface area contributed by atoms with Gasteiger partial charge in [0, 0.05) is 44.5 Å². The average molecular weight is 786 g/mol. The van der Waals surface area contributed by atoms with Crippen LogP contribution in [0.2, 0.25) is 0 Å². The van der Waals surface area contributed by atoms with Gasteiger partial charge in [-0.1, -0.05) is 121 Å². The van der Waals surface area contributed by atoms with Crippen molar-refractivity contribution in [2.45, 2.75) is 25.7 Å². The maximum atomic E-state index is 9.77. The van der Waals surface area contributed by atoms with E-state index in [1.165, 1.54) is 65.2 Å². The number of para-hydroxylation sites is 1. The molecule has 2 aliphatic carbocycles. The Balaban J connectivity index is 1.09. The highest BCUT2D eigenvalue weighted by molar-refractivity contribution is 7.19. The zero-order chi connectivity index (χ0) is 39.8. The second-order valence-electron chi connectivity index (χ2n) is 16.1. The number of fused-ring (bicyclic) bond motifs is 10. The summed E-state index contributed by atoms with van der Waals surface area (Å²) in [6.07, 6.45) is 13.1. The lowest BCUT2D eigenvalue weighted by molar-refractivity contribution is 0.672. The van der Waals surface area contributed by atoms with Gasteiger partial charge < -0.3 is 13.6 Å². The third kappa shape index (κ3) is 5.01.